The maximum Gasteiger partial charge on any atom is 0.324 e. The van der Waals surface area contributed by atoms with Crippen LogP contribution in [0.1, 0.15) is 26.2 Å². The molecule has 0 saturated heterocycles. The van der Waals surface area contributed by atoms with Crippen LogP contribution in [-0.2, 0) is 23.9 Å². The molecule has 2 aliphatic carbocycles. The summed E-state index contributed by atoms with van der Waals surface area (Å²) in [6.45, 7) is 5.51. The summed E-state index contributed by atoms with van der Waals surface area (Å²) in [6, 6.07) is 0. The van der Waals surface area contributed by atoms with Crippen LogP contribution in [-0.4, -0.2) is 31.9 Å². The number of hydrogen-bond acceptors (Lipinski definition) is 5. The molecule has 0 spiro atoms. The van der Waals surface area contributed by atoms with Crippen molar-refractivity contribution < 1.29 is 23.9 Å². The van der Waals surface area contributed by atoms with Crippen molar-refractivity contribution >= 4 is 17.7 Å². The van der Waals surface area contributed by atoms with Gasteiger partial charge in [0.05, 0.1) is 14.2 Å². The minimum absolute atomic E-state index is 0.0556. The quantitative estimate of drug-likeness (QED) is 0.451. The third-order valence-electron chi connectivity index (χ3n) is 4.93. The lowest BCUT2D eigenvalue weighted by Crippen LogP contribution is -2.37. The van der Waals surface area contributed by atoms with Gasteiger partial charge < -0.3 is 9.47 Å². The van der Waals surface area contributed by atoms with Gasteiger partial charge in [0, 0.05) is 11.3 Å². The summed E-state index contributed by atoms with van der Waals surface area (Å²) in [5.74, 6) is -2.96. The number of allylic oxidation sites excluding steroid dienone is 2. The summed E-state index contributed by atoms with van der Waals surface area (Å²) in [5, 5.41) is 0. The number of carbonyl (C=O) groups is 3. The summed E-state index contributed by atoms with van der Waals surface area (Å²) >= 11 is 0. The van der Waals surface area contributed by atoms with Crippen LogP contribution < -0.4 is 0 Å². The Bertz CT molecular complexity index is 593. The van der Waals surface area contributed by atoms with Gasteiger partial charge in [-0.15, -0.1) is 5.73 Å². The van der Waals surface area contributed by atoms with Crippen molar-refractivity contribution in [3.05, 3.63) is 29.5 Å². The smallest absolute Gasteiger partial charge is 0.324 e. The fraction of sp³-hybridized carbons (Fsp3) is 0.529. The molecule has 0 unspecified atom stereocenters. The first-order valence-electron chi connectivity index (χ1n) is 7.22. The highest BCUT2D eigenvalue weighted by atomic mass is 16.5. The monoisotopic (exact) mass is 304 g/mol. The number of ketones is 1. The molecule has 5 heteroatoms. The molecule has 1 fully saturated rings. The molecule has 22 heavy (non-hydrogen) atoms. The number of ether oxygens (including phenoxy) is 2. The van der Waals surface area contributed by atoms with E-state index in [1.54, 1.807) is 0 Å². The van der Waals surface area contributed by atoms with Crippen molar-refractivity contribution in [2.24, 2.45) is 17.3 Å². The van der Waals surface area contributed by atoms with Crippen LogP contribution in [0.5, 0.6) is 0 Å². The first-order chi connectivity index (χ1) is 10.4. The normalized spacial score (nSPS) is 26.3. The fourth-order valence-corrected chi connectivity index (χ4v) is 3.87. The predicted octanol–water partition coefficient (Wildman–Crippen LogP) is 1.98. The number of hydrogen-bond donors (Lipinski definition) is 0. The number of esters is 2. The summed E-state index contributed by atoms with van der Waals surface area (Å²) in [5.41, 5.74) is 3.44. The van der Waals surface area contributed by atoms with E-state index in [4.69, 9.17) is 9.47 Å². The number of carbonyl (C=O) groups excluding carboxylic acids is 3. The average Bonchev–Trinajstić information content (AvgIpc) is 3.07. The molecule has 0 radical (unpaired) electrons. The Morgan fingerprint density at radius 3 is 2.45 bits per heavy atom. The molecule has 5 nitrogen and oxygen atoms in total. The van der Waals surface area contributed by atoms with E-state index in [2.05, 4.69) is 12.3 Å². The van der Waals surface area contributed by atoms with Gasteiger partial charge in [0.15, 0.2) is 11.7 Å². The van der Waals surface area contributed by atoms with E-state index in [1.165, 1.54) is 20.3 Å². The SMILES string of the molecule is C=C=C(C)[C@@]12CCC[C@@H]1C(=O)C=C2C(C(=O)OC)C(=O)OC. The van der Waals surface area contributed by atoms with E-state index in [-0.39, 0.29) is 11.7 Å². The lowest BCUT2D eigenvalue weighted by molar-refractivity contribution is -0.157. The maximum atomic E-state index is 12.4. The zero-order valence-corrected chi connectivity index (χ0v) is 13.1. The van der Waals surface area contributed by atoms with Gasteiger partial charge in [0.2, 0.25) is 0 Å². The van der Waals surface area contributed by atoms with E-state index >= 15 is 0 Å². The third kappa shape index (κ3) is 2.13. The van der Waals surface area contributed by atoms with Crippen LogP contribution in [0.3, 0.4) is 0 Å². The third-order valence-corrected chi connectivity index (χ3v) is 4.93. The van der Waals surface area contributed by atoms with Crippen molar-refractivity contribution in [2.75, 3.05) is 14.2 Å². The summed E-state index contributed by atoms with van der Waals surface area (Å²) in [6.07, 6.45) is 3.69. The van der Waals surface area contributed by atoms with Crippen molar-refractivity contribution in [1.29, 1.82) is 0 Å². The number of fused-ring (bicyclic) bond motifs is 1. The predicted molar refractivity (Wildman–Crippen MR) is 78.7 cm³/mol. The molecule has 118 valence electrons. The average molecular weight is 304 g/mol. The highest BCUT2D eigenvalue weighted by molar-refractivity contribution is 6.05. The zero-order valence-electron chi connectivity index (χ0n) is 13.1. The van der Waals surface area contributed by atoms with Gasteiger partial charge in [-0.1, -0.05) is 13.0 Å². The van der Waals surface area contributed by atoms with Crippen LogP contribution in [0.15, 0.2) is 29.5 Å². The van der Waals surface area contributed by atoms with Gasteiger partial charge in [-0.05, 0) is 37.0 Å². The molecule has 0 aliphatic heterocycles. The molecule has 0 bridgehead atoms. The topological polar surface area (TPSA) is 69.7 Å². The summed E-state index contributed by atoms with van der Waals surface area (Å²) in [4.78, 5) is 36.6. The molecule has 0 heterocycles. The zero-order chi connectivity index (χ0) is 16.5. The van der Waals surface area contributed by atoms with Crippen LogP contribution in [0.4, 0.5) is 0 Å². The second kappa shape index (κ2) is 5.93. The molecule has 2 atom stereocenters. The van der Waals surface area contributed by atoms with E-state index in [1.807, 2.05) is 6.92 Å². The lowest BCUT2D eigenvalue weighted by atomic mass is 9.67. The molecule has 0 N–H and O–H groups in total. The highest BCUT2D eigenvalue weighted by Gasteiger charge is 2.58. The Hall–Kier alpha value is -2.13. The first-order valence-corrected chi connectivity index (χ1v) is 7.22. The molecule has 0 aromatic carbocycles. The van der Waals surface area contributed by atoms with Crippen molar-refractivity contribution in [2.45, 2.75) is 26.2 Å². The summed E-state index contributed by atoms with van der Waals surface area (Å²) < 4.78 is 9.51. The largest absolute Gasteiger partial charge is 0.468 e. The fourth-order valence-electron chi connectivity index (χ4n) is 3.87. The minimum atomic E-state index is -1.22. The van der Waals surface area contributed by atoms with Crippen molar-refractivity contribution in [1.82, 2.24) is 0 Å². The number of methoxy groups -OCH3 is 2. The molecule has 2 aliphatic rings. The highest BCUT2D eigenvalue weighted by Crippen LogP contribution is 2.59. The maximum absolute atomic E-state index is 12.4. The summed E-state index contributed by atoms with van der Waals surface area (Å²) in [7, 11) is 2.43. The van der Waals surface area contributed by atoms with Crippen molar-refractivity contribution in [3.63, 3.8) is 0 Å². The molecular weight excluding hydrogens is 284 g/mol. The van der Waals surface area contributed by atoms with Gasteiger partial charge in [0.1, 0.15) is 0 Å². The Morgan fingerprint density at radius 1 is 1.36 bits per heavy atom. The molecular formula is C17H20O5. The Morgan fingerprint density at radius 2 is 1.95 bits per heavy atom. The van der Waals surface area contributed by atoms with Gasteiger partial charge >= 0.3 is 11.9 Å². The van der Waals surface area contributed by atoms with E-state index in [0.717, 1.165) is 18.4 Å². The van der Waals surface area contributed by atoms with E-state index in [0.29, 0.717) is 12.0 Å². The van der Waals surface area contributed by atoms with E-state index in [9.17, 15) is 14.4 Å². The second-order valence-corrected chi connectivity index (χ2v) is 5.70. The van der Waals surface area contributed by atoms with Gasteiger partial charge in [-0.3, -0.25) is 14.4 Å². The van der Waals surface area contributed by atoms with Gasteiger partial charge in [-0.2, -0.15) is 0 Å². The number of rotatable bonds is 4. The lowest BCUT2D eigenvalue weighted by Gasteiger charge is -2.34. The van der Waals surface area contributed by atoms with Crippen LogP contribution in [0.2, 0.25) is 0 Å². The van der Waals surface area contributed by atoms with Gasteiger partial charge in [-0.25, -0.2) is 0 Å². The van der Waals surface area contributed by atoms with Crippen LogP contribution in [0.25, 0.3) is 0 Å². The molecule has 2 rings (SSSR count). The Kier molecular flexibility index (Phi) is 4.38. The van der Waals surface area contributed by atoms with Crippen molar-refractivity contribution in [3.8, 4) is 0 Å². The van der Waals surface area contributed by atoms with Gasteiger partial charge in [0.25, 0.3) is 0 Å². The first kappa shape index (κ1) is 16.2. The van der Waals surface area contributed by atoms with Crippen LogP contribution >= 0.6 is 0 Å². The Balaban J connectivity index is 2.62. The Labute approximate surface area is 129 Å². The van der Waals surface area contributed by atoms with E-state index < -0.39 is 23.3 Å². The molecule has 1 saturated carbocycles. The molecule has 0 aromatic heterocycles. The van der Waals surface area contributed by atoms with Crippen LogP contribution in [0, 0.1) is 17.3 Å². The molecule has 0 amide bonds. The molecule has 0 aromatic rings. The second-order valence-electron chi connectivity index (χ2n) is 5.70. The standard InChI is InChI=1S/C17H20O5/c1-5-10(2)17-8-6-7-11(17)13(18)9-12(17)14(15(19)21-3)16(20)22-4/h9,11,14H,1,6-8H2,2-4H3/t11-,17+/m1/s1. The minimum Gasteiger partial charge on any atom is -0.468 e.